The van der Waals surface area contributed by atoms with Gasteiger partial charge in [0.15, 0.2) is 0 Å². The van der Waals surface area contributed by atoms with Crippen LogP contribution in [0.25, 0.3) is 0 Å². The highest BCUT2D eigenvalue weighted by atomic mass is 79.9. The van der Waals surface area contributed by atoms with Crippen molar-refractivity contribution in [2.75, 3.05) is 20.2 Å². The van der Waals surface area contributed by atoms with E-state index >= 15 is 0 Å². The molecule has 1 amide bonds. The lowest BCUT2D eigenvalue weighted by atomic mass is 10.1. The van der Waals surface area contributed by atoms with Crippen LogP contribution in [0.3, 0.4) is 0 Å². The minimum atomic E-state index is -3.56. The van der Waals surface area contributed by atoms with Crippen molar-refractivity contribution in [1.82, 2.24) is 19.7 Å². The Hall–Kier alpha value is -1.94. The SMILES string of the molecule is COc1ccc(Br)c(C(=O)N2CCC(S(=O)(=O)c3nncn3C)CC2)c1. The molecule has 0 bridgehead atoms. The summed E-state index contributed by atoms with van der Waals surface area (Å²) in [6.45, 7) is 0.731. The van der Waals surface area contributed by atoms with Crippen LogP contribution >= 0.6 is 15.9 Å². The first-order valence-corrected chi connectivity index (χ1v) is 10.4. The molecular formula is C16H19BrN4O4S. The van der Waals surface area contributed by atoms with Gasteiger partial charge in [-0.1, -0.05) is 0 Å². The van der Waals surface area contributed by atoms with E-state index in [9.17, 15) is 13.2 Å². The van der Waals surface area contributed by atoms with Crippen LogP contribution in [0.1, 0.15) is 23.2 Å². The topological polar surface area (TPSA) is 94.4 Å². The lowest BCUT2D eigenvalue weighted by molar-refractivity contribution is 0.0724. The summed E-state index contributed by atoms with van der Waals surface area (Å²) in [6.07, 6.45) is 2.09. The van der Waals surface area contributed by atoms with Crippen LogP contribution in [0.5, 0.6) is 5.75 Å². The number of amides is 1. The van der Waals surface area contributed by atoms with E-state index in [1.165, 1.54) is 10.9 Å². The number of piperidine rings is 1. The van der Waals surface area contributed by atoms with Gasteiger partial charge in [0.05, 0.1) is 17.9 Å². The normalized spacial score (nSPS) is 15.9. The molecule has 3 rings (SSSR count). The van der Waals surface area contributed by atoms with Crippen molar-refractivity contribution in [3.05, 3.63) is 34.6 Å². The summed E-state index contributed by atoms with van der Waals surface area (Å²) < 4.78 is 32.7. The van der Waals surface area contributed by atoms with Crippen LogP contribution in [-0.2, 0) is 16.9 Å². The van der Waals surface area contributed by atoms with E-state index < -0.39 is 15.1 Å². The summed E-state index contributed by atoms with van der Waals surface area (Å²) in [7, 11) is -0.415. The van der Waals surface area contributed by atoms with E-state index in [1.54, 1.807) is 37.3 Å². The molecule has 1 saturated heterocycles. The third-order valence-electron chi connectivity index (χ3n) is 4.50. The molecule has 0 unspecified atom stereocenters. The lowest BCUT2D eigenvalue weighted by Crippen LogP contribution is -2.43. The molecule has 0 saturated carbocycles. The third-order valence-corrected chi connectivity index (χ3v) is 7.42. The molecule has 0 atom stereocenters. The van der Waals surface area contributed by atoms with Gasteiger partial charge in [0.1, 0.15) is 12.1 Å². The summed E-state index contributed by atoms with van der Waals surface area (Å²) in [4.78, 5) is 14.5. The van der Waals surface area contributed by atoms with Crippen LogP contribution < -0.4 is 4.74 Å². The van der Waals surface area contributed by atoms with Crippen molar-refractivity contribution in [3.63, 3.8) is 0 Å². The number of ether oxygens (including phenoxy) is 1. The third kappa shape index (κ3) is 3.48. The van der Waals surface area contributed by atoms with Crippen molar-refractivity contribution in [2.24, 2.45) is 7.05 Å². The first kappa shape index (κ1) is 18.8. The van der Waals surface area contributed by atoms with Gasteiger partial charge in [-0.05, 0) is 47.0 Å². The molecule has 1 aromatic heterocycles. The molecule has 0 spiro atoms. The van der Waals surface area contributed by atoms with Crippen molar-refractivity contribution >= 4 is 31.7 Å². The number of hydrogen-bond acceptors (Lipinski definition) is 6. The summed E-state index contributed by atoms with van der Waals surface area (Å²) in [6, 6.07) is 5.20. The first-order chi connectivity index (χ1) is 12.3. The Labute approximate surface area is 160 Å². The van der Waals surface area contributed by atoms with E-state index in [-0.39, 0.29) is 11.1 Å². The Morgan fingerprint density at radius 3 is 2.58 bits per heavy atom. The molecule has 10 heteroatoms. The molecule has 0 aliphatic carbocycles. The maximum absolute atomic E-state index is 12.8. The van der Waals surface area contributed by atoms with E-state index in [0.29, 0.717) is 41.7 Å². The van der Waals surface area contributed by atoms with Gasteiger partial charge in [0, 0.05) is 24.6 Å². The van der Waals surface area contributed by atoms with E-state index in [1.807, 2.05) is 0 Å². The first-order valence-electron chi connectivity index (χ1n) is 8.05. The molecular weight excluding hydrogens is 424 g/mol. The average Bonchev–Trinajstić information content (AvgIpc) is 3.08. The molecule has 1 aliphatic heterocycles. The highest BCUT2D eigenvalue weighted by molar-refractivity contribution is 9.10. The minimum absolute atomic E-state index is 0.0298. The molecule has 1 fully saturated rings. The van der Waals surface area contributed by atoms with Crippen LogP contribution in [0, 0.1) is 0 Å². The lowest BCUT2D eigenvalue weighted by Gasteiger charge is -2.31. The Bertz CT molecular complexity index is 920. The smallest absolute Gasteiger partial charge is 0.255 e. The number of likely N-dealkylation sites (tertiary alicyclic amines) is 1. The molecule has 140 valence electrons. The van der Waals surface area contributed by atoms with Gasteiger partial charge in [-0.25, -0.2) is 8.42 Å². The van der Waals surface area contributed by atoms with Crippen molar-refractivity contribution in [3.8, 4) is 5.75 Å². The van der Waals surface area contributed by atoms with Crippen LogP contribution in [-0.4, -0.2) is 59.4 Å². The van der Waals surface area contributed by atoms with E-state index in [0.717, 1.165) is 0 Å². The molecule has 0 radical (unpaired) electrons. The number of carbonyl (C=O) groups is 1. The fourth-order valence-corrected chi connectivity index (χ4v) is 5.17. The van der Waals surface area contributed by atoms with E-state index in [2.05, 4.69) is 26.1 Å². The van der Waals surface area contributed by atoms with Crippen molar-refractivity contribution < 1.29 is 17.9 Å². The fraction of sp³-hybridized carbons (Fsp3) is 0.438. The highest BCUT2D eigenvalue weighted by Crippen LogP contribution is 2.27. The number of hydrogen-bond donors (Lipinski definition) is 0. The maximum atomic E-state index is 12.8. The second-order valence-corrected chi connectivity index (χ2v) is 9.08. The molecule has 2 heterocycles. The number of carbonyl (C=O) groups excluding carboxylic acids is 1. The van der Waals surface area contributed by atoms with Gasteiger partial charge in [-0.15, -0.1) is 10.2 Å². The van der Waals surface area contributed by atoms with Crippen molar-refractivity contribution in [1.29, 1.82) is 0 Å². The van der Waals surface area contributed by atoms with Gasteiger partial charge in [0.2, 0.25) is 15.0 Å². The quantitative estimate of drug-likeness (QED) is 0.714. The maximum Gasteiger partial charge on any atom is 0.255 e. The summed E-state index contributed by atoms with van der Waals surface area (Å²) in [5, 5.41) is 6.77. The monoisotopic (exact) mass is 442 g/mol. The Morgan fingerprint density at radius 2 is 2.00 bits per heavy atom. The van der Waals surface area contributed by atoms with E-state index in [4.69, 9.17) is 4.74 Å². The molecule has 0 N–H and O–H groups in total. The zero-order valence-corrected chi connectivity index (χ0v) is 16.8. The standard InChI is InChI=1S/C16H19BrN4O4S/c1-20-10-18-19-16(20)26(23,24)12-5-7-21(8-6-12)15(22)13-9-11(25-2)3-4-14(13)17/h3-4,9-10,12H,5-8H2,1-2H3. The Morgan fingerprint density at radius 1 is 1.31 bits per heavy atom. The van der Waals surface area contributed by atoms with Crippen molar-refractivity contribution in [2.45, 2.75) is 23.2 Å². The molecule has 1 aliphatic rings. The van der Waals surface area contributed by atoms with Crippen LogP contribution in [0.15, 0.2) is 34.2 Å². The number of aryl methyl sites for hydroxylation is 1. The number of halogens is 1. The predicted octanol–water partition coefficient (Wildman–Crippen LogP) is 1.66. The predicted molar refractivity (Wildman–Crippen MR) is 97.8 cm³/mol. The second-order valence-electron chi connectivity index (χ2n) is 6.11. The number of nitrogens with zero attached hydrogens (tertiary/aromatic N) is 4. The zero-order valence-electron chi connectivity index (χ0n) is 14.4. The fourth-order valence-electron chi connectivity index (χ4n) is 3.01. The number of benzene rings is 1. The van der Waals surface area contributed by atoms with Crippen LogP contribution in [0.2, 0.25) is 0 Å². The van der Waals surface area contributed by atoms with Crippen LogP contribution in [0.4, 0.5) is 0 Å². The minimum Gasteiger partial charge on any atom is -0.497 e. The Balaban J connectivity index is 1.73. The zero-order chi connectivity index (χ0) is 18.9. The Kier molecular flexibility index (Phi) is 5.33. The molecule has 8 nitrogen and oxygen atoms in total. The van der Waals surface area contributed by atoms with Gasteiger partial charge in [-0.2, -0.15) is 0 Å². The van der Waals surface area contributed by atoms with Gasteiger partial charge in [-0.3, -0.25) is 4.79 Å². The van der Waals surface area contributed by atoms with Gasteiger partial charge in [0.25, 0.3) is 5.91 Å². The summed E-state index contributed by atoms with van der Waals surface area (Å²) in [5.74, 6) is 0.446. The largest absolute Gasteiger partial charge is 0.497 e. The molecule has 26 heavy (non-hydrogen) atoms. The number of sulfone groups is 1. The molecule has 1 aromatic carbocycles. The number of rotatable bonds is 4. The number of methoxy groups -OCH3 is 1. The van der Waals surface area contributed by atoms with Gasteiger partial charge >= 0.3 is 0 Å². The summed E-state index contributed by atoms with van der Waals surface area (Å²) >= 11 is 3.39. The number of aromatic nitrogens is 3. The van der Waals surface area contributed by atoms with Gasteiger partial charge < -0.3 is 14.2 Å². The molecule has 2 aromatic rings. The average molecular weight is 443 g/mol. The highest BCUT2D eigenvalue weighted by Gasteiger charge is 2.35. The summed E-state index contributed by atoms with van der Waals surface area (Å²) in [5.41, 5.74) is 0.499. The second kappa shape index (κ2) is 7.36.